The Labute approximate surface area is 111 Å². The molecule has 0 bridgehead atoms. The van der Waals surface area contributed by atoms with Crippen LogP contribution in [0.4, 0.5) is 10.8 Å². The molecule has 0 amide bonds. The molecule has 0 radical (unpaired) electrons. The number of anilines is 2. The first-order valence-corrected chi connectivity index (χ1v) is 6.45. The smallest absolute Gasteiger partial charge is 0.197 e. The van der Waals surface area contributed by atoms with Crippen LogP contribution in [0, 0.1) is 6.92 Å². The lowest BCUT2D eigenvalue weighted by molar-refractivity contribution is 0.418. The highest BCUT2D eigenvalue weighted by atomic mass is 32.1. The summed E-state index contributed by atoms with van der Waals surface area (Å²) in [5.41, 5.74) is 8.27. The molecule has 2 aromatic rings. The molecule has 0 spiro atoms. The van der Waals surface area contributed by atoms with Crippen molar-refractivity contribution in [3.8, 4) is 5.75 Å². The van der Waals surface area contributed by atoms with Crippen LogP contribution in [0.1, 0.15) is 11.1 Å². The molecule has 1 aromatic carbocycles. The molecule has 0 unspecified atom stereocenters. The number of hydrogen-bond acceptors (Lipinski definition) is 5. The predicted octanol–water partition coefficient (Wildman–Crippen LogP) is 2.68. The van der Waals surface area contributed by atoms with E-state index in [1.54, 1.807) is 7.11 Å². The summed E-state index contributed by atoms with van der Waals surface area (Å²) in [4.78, 5) is 2.10. The third-order valence-corrected chi connectivity index (χ3v) is 3.67. The average molecular weight is 263 g/mol. The van der Waals surface area contributed by atoms with Crippen LogP contribution in [0.2, 0.25) is 0 Å². The second-order valence-electron chi connectivity index (χ2n) is 4.25. The van der Waals surface area contributed by atoms with Gasteiger partial charge in [0, 0.05) is 13.6 Å². The molecule has 96 valence electrons. The first-order chi connectivity index (χ1) is 8.61. The number of aryl methyl sites for hydroxylation is 1. The van der Waals surface area contributed by atoms with E-state index in [0.717, 1.165) is 11.5 Å². The zero-order chi connectivity index (χ0) is 13.1. The number of benzene rings is 1. The third kappa shape index (κ3) is 2.56. The molecule has 5 heteroatoms. The van der Waals surface area contributed by atoms with Crippen LogP contribution in [0.15, 0.2) is 24.3 Å². The van der Waals surface area contributed by atoms with E-state index >= 15 is 0 Å². The van der Waals surface area contributed by atoms with Crippen molar-refractivity contribution >= 4 is 22.4 Å². The summed E-state index contributed by atoms with van der Waals surface area (Å²) in [5, 5.41) is 0.955. The number of rotatable bonds is 4. The van der Waals surface area contributed by atoms with Crippen molar-refractivity contribution in [2.75, 3.05) is 24.8 Å². The highest BCUT2D eigenvalue weighted by Crippen LogP contribution is 2.37. The molecule has 4 nitrogen and oxygen atoms in total. The van der Waals surface area contributed by atoms with Crippen LogP contribution in [-0.4, -0.2) is 18.5 Å². The Hall–Kier alpha value is -1.75. The highest BCUT2D eigenvalue weighted by Gasteiger charge is 2.15. The predicted molar refractivity (Wildman–Crippen MR) is 76.4 cm³/mol. The van der Waals surface area contributed by atoms with Crippen LogP contribution in [0.25, 0.3) is 0 Å². The van der Waals surface area contributed by atoms with Gasteiger partial charge in [-0.2, -0.15) is 4.37 Å². The maximum atomic E-state index is 5.75. The van der Waals surface area contributed by atoms with E-state index < -0.39 is 0 Å². The van der Waals surface area contributed by atoms with Crippen molar-refractivity contribution in [2.24, 2.45) is 0 Å². The summed E-state index contributed by atoms with van der Waals surface area (Å²) in [6.07, 6.45) is 0. The van der Waals surface area contributed by atoms with Gasteiger partial charge in [0.2, 0.25) is 0 Å². The molecule has 0 aliphatic heterocycles. The number of methoxy groups -OCH3 is 1. The topological polar surface area (TPSA) is 51.4 Å². The number of ether oxygens (including phenoxy) is 1. The third-order valence-electron chi connectivity index (χ3n) is 2.71. The van der Waals surface area contributed by atoms with Crippen molar-refractivity contribution in [3.05, 3.63) is 35.4 Å². The van der Waals surface area contributed by atoms with Gasteiger partial charge in [0.05, 0.1) is 7.11 Å². The number of nitrogen functional groups attached to an aromatic ring is 1. The van der Waals surface area contributed by atoms with Crippen LogP contribution < -0.4 is 15.4 Å². The summed E-state index contributed by atoms with van der Waals surface area (Å²) < 4.78 is 9.40. The monoisotopic (exact) mass is 263 g/mol. The summed E-state index contributed by atoms with van der Waals surface area (Å²) >= 11 is 1.36. The van der Waals surface area contributed by atoms with Crippen molar-refractivity contribution in [2.45, 2.75) is 13.5 Å². The SMILES string of the molecule is COc1c(N)nsc1N(C)Cc1cccc(C)c1. The molecule has 0 aliphatic carbocycles. The van der Waals surface area contributed by atoms with E-state index in [-0.39, 0.29) is 0 Å². The molecule has 2 N–H and O–H groups in total. The molecular formula is C13H17N3OS. The van der Waals surface area contributed by atoms with E-state index in [1.165, 1.54) is 22.7 Å². The Morgan fingerprint density at radius 2 is 2.22 bits per heavy atom. The first-order valence-electron chi connectivity index (χ1n) is 5.67. The van der Waals surface area contributed by atoms with E-state index in [9.17, 15) is 0 Å². The summed E-state index contributed by atoms with van der Waals surface area (Å²) in [6.45, 7) is 2.90. The van der Waals surface area contributed by atoms with Crippen molar-refractivity contribution in [3.63, 3.8) is 0 Å². The Bertz CT molecular complexity index is 539. The minimum absolute atomic E-state index is 0.452. The van der Waals surface area contributed by atoms with Crippen LogP contribution >= 0.6 is 11.5 Å². The number of nitrogens with zero attached hydrogens (tertiary/aromatic N) is 2. The summed E-state index contributed by atoms with van der Waals surface area (Å²) in [6, 6.07) is 8.44. The Morgan fingerprint density at radius 1 is 1.44 bits per heavy atom. The molecule has 0 atom stereocenters. The van der Waals surface area contributed by atoms with Gasteiger partial charge in [-0.25, -0.2) is 0 Å². The quantitative estimate of drug-likeness (QED) is 0.921. The van der Waals surface area contributed by atoms with Gasteiger partial charge in [-0.15, -0.1) is 0 Å². The van der Waals surface area contributed by atoms with Gasteiger partial charge in [-0.3, -0.25) is 0 Å². The van der Waals surface area contributed by atoms with Crippen molar-refractivity contribution in [1.82, 2.24) is 4.37 Å². The van der Waals surface area contributed by atoms with Crippen molar-refractivity contribution < 1.29 is 4.74 Å². The standard InChI is InChI=1S/C13H17N3OS/c1-9-5-4-6-10(7-9)8-16(2)13-11(17-3)12(14)15-18-13/h4-7H,8H2,1-3H3,(H2,14,15). The Morgan fingerprint density at radius 3 is 2.89 bits per heavy atom. The fourth-order valence-corrected chi connectivity index (χ4v) is 2.62. The molecule has 1 aromatic heterocycles. The minimum Gasteiger partial charge on any atom is -0.490 e. The average Bonchev–Trinajstić information content (AvgIpc) is 2.70. The van der Waals surface area contributed by atoms with E-state index in [2.05, 4.69) is 40.5 Å². The lowest BCUT2D eigenvalue weighted by Crippen LogP contribution is -2.15. The van der Waals surface area contributed by atoms with Gasteiger partial charge in [-0.05, 0) is 24.0 Å². The molecule has 0 fully saturated rings. The number of hydrogen-bond donors (Lipinski definition) is 1. The molecular weight excluding hydrogens is 246 g/mol. The normalized spacial score (nSPS) is 10.4. The zero-order valence-corrected chi connectivity index (χ0v) is 11.6. The van der Waals surface area contributed by atoms with Gasteiger partial charge >= 0.3 is 0 Å². The number of nitrogens with two attached hydrogens (primary N) is 1. The van der Waals surface area contributed by atoms with Crippen LogP contribution in [-0.2, 0) is 6.54 Å². The molecule has 0 saturated heterocycles. The summed E-state index contributed by atoms with van der Waals surface area (Å²) in [5.74, 6) is 1.11. The minimum atomic E-state index is 0.452. The second kappa shape index (κ2) is 5.27. The second-order valence-corrected chi connectivity index (χ2v) is 5.00. The lowest BCUT2D eigenvalue weighted by atomic mass is 10.1. The molecule has 0 saturated carbocycles. The first kappa shape index (κ1) is 12.7. The Balaban J connectivity index is 2.19. The van der Waals surface area contributed by atoms with Gasteiger partial charge in [0.1, 0.15) is 0 Å². The van der Waals surface area contributed by atoms with Gasteiger partial charge in [0.15, 0.2) is 16.6 Å². The van der Waals surface area contributed by atoms with E-state index in [1.807, 2.05) is 7.05 Å². The Kier molecular flexibility index (Phi) is 3.72. The fraction of sp³-hybridized carbons (Fsp3) is 0.308. The van der Waals surface area contributed by atoms with E-state index in [0.29, 0.717) is 11.6 Å². The summed E-state index contributed by atoms with van der Waals surface area (Å²) in [7, 11) is 3.63. The molecule has 0 aliphatic rings. The van der Waals surface area contributed by atoms with E-state index in [4.69, 9.17) is 10.5 Å². The zero-order valence-electron chi connectivity index (χ0n) is 10.8. The van der Waals surface area contributed by atoms with Crippen LogP contribution in [0.5, 0.6) is 5.75 Å². The fourth-order valence-electron chi connectivity index (χ4n) is 1.88. The maximum absolute atomic E-state index is 5.75. The molecule has 18 heavy (non-hydrogen) atoms. The van der Waals surface area contributed by atoms with Gasteiger partial charge in [0.25, 0.3) is 0 Å². The van der Waals surface area contributed by atoms with Gasteiger partial charge in [-0.1, -0.05) is 29.8 Å². The molecule has 2 rings (SSSR count). The lowest BCUT2D eigenvalue weighted by Gasteiger charge is -2.18. The largest absolute Gasteiger partial charge is 0.490 e. The van der Waals surface area contributed by atoms with Crippen molar-refractivity contribution in [1.29, 1.82) is 0 Å². The molecule has 1 heterocycles. The maximum Gasteiger partial charge on any atom is 0.197 e. The highest BCUT2D eigenvalue weighted by molar-refractivity contribution is 7.11. The van der Waals surface area contributed by atoms with Gasteiger partial charge < -0.3 is 15.4 Å². The van der Waals surface area contributed by atoms with Crippen LogP contribution in [0.3, 0.4) is 0 Å². The number of aromatic nitrogens is 1.